The lowest BCUT2D eigenvalue weighted by Crippen LogP contribution is -1.79. The highest BCUT2D eigenvalue weighted by molar-refractivity contribution is 5.82. The number of aromatic hydroxyl groups is 1. The second-order valence-electron chi connectivity index (χ2n) is 3.51. The summed E-state index contributed by atoms with van der Waals surface area (Å²) in [5, 5.41) is 17.8. The van der Waals surface area contributed by atoms with E-state index < -0.39 is 0 Å². The molecule has 82 valence electrons. The molecule has 1 N–H and O–H groups in total. The molecule has 3 heteroatoms. The van der Waals surface area contributed by atoms with E-state index in [1.807, 2.05) is 0 Å². The smallest absolute Gasteiger partial charge is 0.115 e. The Morgan fingerprint density at radius 1 is 1.00 bits per heavy atom. The van der Waals surface area contributed by atoms with Crippen molar-refractivity contribution in [3.8, 4) is 11.8 Å². The fourth-order valence-electron chi connectivity index (χ4n) is 1.33. The van der Waals surface area contributed by atoms with Gasteiger partial charge in [-0.3, -0.25) is 4.99 Å². The van der Waals surface area contributed by atoms with Crippen LogP contribution in [-0.4, -0.2) is 11.3 Å². The largest absolute Gasteiger partial charge is 0.508 e. The Kier molecular flexibility index (Phi) is 3.18. The van der Waals surface area contributed by atoms with Crippen molar-refractivity contribution in [2.75, 3.05) is 0 Å². The van der Waals surface area contributed by atoms with Crippen LogP contribution in [0.4, 0.5) is 5.69 Å². The Morgan fingerprint density at radius 3 is 2.24 bits per heavy atom. The highest BCUT2D eigenvalue weighted by atomic mass is 16.3. The first kappa shape index (κ1) is 10.9. The minimum Gasteiger partial charge on any atom is -0.508 e. The number of rotatable bonds is 2. The zero-order chi connectivity index (χ0) is 12.1. The Hall–Kier alpha value is -2.60. The molecule has 0 saturated heterocycles. The molecule has 0 fully saturated rings. The summed E-state index contributed by atoms with van der Waals surface area (Å²) in [5.41, 5.74) is 2.32. The summed E-state index contributed by atoms with van der Waals surface area (Å²) in [6.07, 6.45) is 1.71. The zero-order valence-corrected chi connectivity index (χ0v) is 9.04. The quantitative estimate of drug-likeness (QED) is 0.794. The molecular formula is C14H10N2O. The van der Waals surface area contributed by atoms with Gasteiger partial charge < -0.3 is 5.11 Å². The second kappa shape index (κ2) is 4.95. The van der Waals surface area contributed by atoms with Crippen molar-refractivity contribution in [2.24, 2.45) is 4.99 Å². The molecule has 17 heavy (non-hydrogen) atoms. The molecule has 2 aromatic rings. The Morgan fingerprint density at radius 2 is 1.65 bits per heavy atom. The fourth-order valence-corrected chi connectivity index (χ4v) is 1.33. The molecule has 0 aliphatic rings. The van der Waals surface area contributed by atoms with Gasteiger partial charge in [0.05, 0.1) is 17.3 Å². The predicted molar refractivity (Wildman–Crippen MR) is 66.5 cm³/mol. The van der Waals surface area contributed by atoms with Crippen molar-refractivity contribution in [3.63, 3.8) is 0 Å². The third-order valence-electron chi connectivity index (χ3n) is 2.25. The first-order chi connectivity index (χ1) is 8.28. The molecule has 0 aliphatic heterocycles. The van der Waals surface area contributed by atoms with Crippen LogP contribution in [-0.2, 0) is 0 Å². The second-order valence-corrected chi connectivity index (χ2v) is 3.51. The van der Waals surface area contributed by atoms with E-state index in [0.717, 1.165) is 11.3 Å². The lowest BCUT2D eigenvalue weighted by molar-refractivity contribution is 0.475. The summed E-state index contributed by atoms with van der Waals surface area (Å²) in [7, 11) is 0. The molecule has 0 atom stereocenters. The number of phenols is 1. The van der Waals surface area contributed by atoms with E-state index in [9.17, 15) is 0 Å². The van der Waals surface area contributed by atoms with Crippen LogP contribution in [0.1, 0.15) is 11.1 Å². The number of nitrogens with zero attached hydrogens (tertiary/aromatic N) is 2. The van der Waals surface area contributed by atoms with Crippen molar-refractivity contribution in [1.29, 1.82) is 5.26 Å². The van der Waals surface area contributed by atoms with Gasteiger partial charge in [-0.05, 0) is 54.1 Å². The number of hydrogen-bond acceptors (Lipinski definition) is 3. The van der Waals surface area contributed by atoms with Crippen LogP contribution in [0.2, 0.25) is 0 Å². The van der Waals surface area contributed by atoms with Crippen LogP contribution in [0, 0.1) is 11.3 Å². The maximum atomic E-state index is 9.12. The monoisotopic (exact) mass is 222 g/mol. The van der Waals surface area contributed by atoms with Crippen LogP contribution in [0.3, 0.4) is 0 Å². The molecule has 0 saturated carbocycles. The summed E-state index contributed by atoms with van der Waals surface area (Å²) in [4.78, 5) is 4.27. The predicted octanol–water partition coefficient (Wildman–Crippen LogP) is 3.01. The molecule has 0 aliphatic carbocycles. The molecule has 0 unspecified atom stereocenters. The number of hydrogen-bond donors (Lipinski definition) is 1. The van der Waals surface area contributed by atoms with E-state index in [-0.39, 0.29) is 5.75 Å². The molecule has 0 amide bonds. The normalized spacial score (nSPS) is 10.3. The lowest BCUT2D eigenvalue weighted by atomic mass is 10.2. The maximum absolute atomic E-state index is 9.12. The molecule has 0 bridgehead atoms. The van der Waals surface area contributed by atoms with Crippen LogP contribution in [0.15, 0.2) is 53.5 Å². The van der Waals surface area contributed by atoms with E-state index in [0.29, 0.717) is 5.56 Å². The topological polar surface area (TPSA) is 56.4 Å². The van der Waals surface area contributed by atoms with Crippen LogP contribution < -0.4 is 0 Å². The maximum Gasteiger partial charge on any atom is 0.115 e. The van der Waals surface area contributed by atoms with E-state index in [2.05, 4.69) is 11.1 Å². The van der Waals surface area contributed by atoms with Crippen LogP contribution in [0.5, 0.6) is 5.75 Å². The van der Waals surface area contributed by atoms with Gasteiger partial charge in [0.1, 0.15) is 5.75 Å². The molecule has 2 rings (SSSR count). The van der Waals surface area contributed by atoms with Crippen LogP contribution in [0.25, 0.3) is 0 Å². The molecule has 0 heterocycles. The van der Waals surface area contributed by atoms with Gasteiger partial charge in [0.2, 0.25) is 0 Å². The molecule has 0 radical (unpaired) electrons. The van der Waals surface area contributed by atoms with E-state index in [4.69, 9.17) is 10.4 Å². The van der Waals surface area contributed by atoms with Gasteiger partial charge in [-0.25, -0.2) is 0 Å². The summed E-state index contributed by atoms with van der Waals surface area (Å²) < 4.78 is 0. The summed E-state index contributed by atoms with van der Waals surface area (Å²) in [6, 6.07) is 15.9. The van der Waals surface area contributed by atoms with Gasteiger partial charge >= 0.3 is 0 Å². The van der Waals surface area contributed by atoms with Gasteiger partial charge in [-0.1, -0.05) is 0 Å². The van der Waals surface area contributed by atoms with Crippen molar-refractivity contribution in [2.45, 2.75) is 0 Å². The third kappa shape index (κ3) is 2.93. The summed E-state index contributed by atoms with van der Waals surface area (Å²) >= 11 is 0. The highest BCUT2D eigenvalue weighted by Crippen LogP contribution is 2.13. The van der Waals surface area contributed by atoms with Crippen molar-refractivity contribution in [3.05, 3.63) is 59.7 Å². The van der Waals surface area contributed by atoms with Crippen molar-refractivity contribution >= 4 is 11.9 Å². The van der Waals surface area contributed by atoms with E-state index in [1.54, 1.807) is 54.7 Å². The number of benzene rings is 2. The number of phenolic OH excluding ortho intramolecular Hbond substituents is 1. The zero-order valence-electron chi connectivity index (χ0n) is 9.04. The van der Waals surface area contributed by atoms with Crippen molar-refractivity contribution < 1.29 is 5.11 Å². The first-order valence-electron chi connectivity index (χ1n) is 5.11. The third-order valence-corrected chi connectivity index (χ3v) is 2.25. The Labute approximate surface area is 99.3 Å². The van der Waals surface area contributed by atoms with Crippen molar-refractivity contribution in [1.82, 2.24) is 0 Å². The number of nitriles is 1. The minimum absolute atomic E-state index is 0.237. The molecule has 0 spiro atoms. The number of aliphatic imine (C=N–C) groups is 1. The molecule has 3 nitrogen and oxygen atoms in total. The minimum atomic E-state index is 0.237. The van der Waals surface area contributed by atoms with E-state index in [1.165, 1.54) is 0 Å². The Bertz CT molecular complexity index is 563. The average Bonchev–Trinajstić information content (AvgIpc) is 2.39. The van der Waals surface area contributed by atoms with Gasteiger partial charge in [0.25, 0.3) is 0 Å². The SMILES string of the molecule is N#Cc1ccc(N=Cc2ccc(O)cc2)cc1. The van der Waals surface area contributed by atoms with Gasteiger partial charge in [-0.2, -0.15) is 5.26 Å². The van der Waals surface area contributed by atoms with Gasteiger partial charge in [0.15, 0.2) is 0 Å². The van der Waals surface area contributed by atoms with Gasteiger partial charge in [0, 0.05) is 6.21 Å². The van der Waals surface area contributed by atoms with Gasteiger partial charge in [-0.15, -0.1) is 0 Å². The molecular weight excluding hydrogens is 212 g/mol. The standard InChI is InChI=1S/C14H10N2O/c15-9-11-1-5-13(6-2-11)16-10-12-3-7-14(17)8-4-12/h1-8,10,17H. The molecule has 2 aromatic carbocycles. The molecule has 0 aromatic heterocycles. The summed E-state index contributed by atoms with van der Waals surface area (Å²) in [5.74, 6) is 0.237. The Balaban J connectivity index is 2.14. The van der Waals surface area contributed by atoms with Crippen LogP contribution >= 0.6 is 0 Å². The highest BCUT2D eigenvalue weighted by Gasteiger charge is 1.91. The summed E-state index contributed by atoms with van der Waals surface area (Å²) in [6.45, 7) is 0. The fraction of sp³-hybridized carbons (Fsp3) is 0. The average molecular weight is 222 g/mol. The van der Waals surface area contributed by atoms with E-state index >= 15 is 0 Å². The lowest BCUT2D eigenvalue weighted by Gasteiger charge is -1.95. The first-order valence-corrected chi connectivity index (χ1v) is 5.11.